The van der Waals surface area contributed by atoms with E-state index in [2.05, 4.69) is 25.4 Å². The highest BCUT2D eigenvalue weighted by Gasteiger charge is 2.20. The van der Waals surface area contributed by atoms with Crippen molar-refractivity contribution in [3.05, 3.63) is 42.4 Å². The van der Waals surface area contributed by atoms with Crippen LogP contribution in [0.4, 0.5) is 0 Å². The van der Waals surface area contributed by atoms with Gasteiger partial charge in [0.05, 0.1) is 19.0 Å². The fraction of sp³-hybridized carbons (Fsp3) is 0.200. The van der Waals surface area contributed by atoms with Crippen LogP contribution in [0.2, 0.25) is 0 Å². The Morgan fingerprint density at radius 3 is 2.59 bits per heavy atom. The van der Waals surface area contributed by atoms with Gasteiger partial charge in [0.1, 0.15) is 11.7 Å². The van der Waals surface area contributed by atoms with Crippen molar-refractivity contribution in [3.8, 4) is 5.88 Å². The van der Waals surface area contributed by atoms with E-state index in [1.165, 1.54) is 7.11 Å². The molecule has 0 aliphatic heterocycles. The second kappa shape index (κ2) is 5.28. The Kier molecular flexibility index (Phi) is 3.53. The summed E-state index contributed by atoms with van der Waals surface area (Å²) in [4.78, 5) is 16.4. The van der Waals surface area contributed by atoms with E-state index in [-0.39, 0.29) is 0 Å². The third-order valence-corrected chi connectivity index (χ3v) is 2.20. The summed E-state index contributed by atoms with van der Waals surface area (Å²) in [6.45, 7) is 0. The van der Waals surface area contributed by atoms with Crippen molar-refractivity contribution in [1.29, 1.82) is 0 Å². The van der Waals surface area contributed by atoms with E-state index in [1.807, 2.05) is 0 Å². The van der Waals surface area contributed by atoms with Crippen LogP contribution in [0.5, 0.6) is 5.88 Å². The molecule has 2 heterocycles. The first-order valence-corrected chi connectivity index (χ1v) is 4.93. The van der Waals surface area contributed by atoms with Crippen molar-refractivity contribution in [3.63, 3.8) is 0 Å². The maximum absolute atomic E-state index is 5.52. The molecule has 0 aromatic carbocycles. The molecule has 88 valence electrons. The monoisotopic (exact) mass is 232 g/mol. The number of aromatic nitrogens is 4. The van der Waals surface area contributed by atoms with Crippen LogP contribution in [0, 0.1) is 0 Å². The number of hydrazine groups is 1. The van der Waals surface area contributed by atoms with Gasteiger partial charge in [-0.2, -0.15) is 0 Å². The van der Waals surface area contributed by atoms with E-state index >= 15 is 0 Å². The molecule has 0 amide bonds. The molecule has 7 heteroatoms. The topological polar surface area (TPSA) is 98.8 Å². The lowest BCUT2D eigenvalue weighted by Crippen LogP contribution is -2.30. The van der Waals surface area contributed by atoms with Gasteiger partial charge in [-0.15, -0.1) is 0 Å². The lowest BCUT2D eigenvalue weighted by molar-refractivity contribution is 0.382. The second-order valence-corrected chi connectivity index (χ2v) is 3.18. The molecule has 0 bridgehead atoms. The molecule has 0 spiro atoms. The standard InChI is InChI=1S/C10H12N6O/c1-17-10-9(14-4-5-15-10)8(16-11)7-6-12-2-3-13-7/h2-6,8,16H,11H2,1H3. The Hall–Kier alpha value is -2.12. The fourth-order valence-corrected chi connectivity index (χ4v) is 1.46. The van der Waals surface area contributed by atoms with Gasteiger partial charge in [-0.25, -0.2) is 10.4 Å². The van der Waals surface area contributed by atoms with Crippen molar-refractivity contribution >= 4 is 0 Å². The molecular weight excluding hydrogens is 220 g/mol. The van der Waals surface area contributed by atoms with E-state index in [0.717, 1.165) is 0 Å². The van der Waals surface area contributed by atoms with Crippen LogP contribution in [-0.2, 0) is 0 Å². The summed E-state index contributed by atoms with van der Waals surface area (Å²) in [6.07, 6.45) is 7.90. The molecule has 1 atom stereocenters. The molecule has 3 N–H and O–H groups in total. The van der Waals surface area contributed by atoms with Crippen LogP contribution in [0.3, 0.4) is 0 Å². The lowest BCUT2D eigenvalue weighted by Gasteiger charge is -2.15. The number of nitrogens with zero attached hydrogens (tertiary/aromatic N) is 4. The van der Waals surface area contributed by atoms with E-state index in [0.29, 0.717) is 17.3 Å². The average molecular weight is 232 g/mol. The van der Waals surface area contributed by atoms with E-state index in [1.54, 1.807) is 31.0 Å². The summed E-state index contributed by atoms with van der Waals surface area (Å²) >= 11 is 0. The number of hydrogen-bond acceptors (Lipinski definition) is 7. The number of nitrogens with one attached hydrogen (secondary N) is 1. The molecular formula is C10H12N6O. The number of nitrogens with two attached hydrogens (primary N) is 1. The number of ether oxygens (including phenoxy) is 1. The summed E-state index contributed by atoms with van der Waals surface area (Å²) in [5, 5.41) is 0. The first-order valence-electron chi connectivity index (χ1n) is 4.93. The van der Waals surface area contributed by atoms with Gasteiger partial charge in [-0.05, 0) is 0 Å². The van der Waals surface area contributed by atoms with Gasteiger partial charge in [0.15, 0.2) is 0 Å². The minimum Gasteiger partial charge on any atom is -0.480 e. The van der Waals surface area contributed by atoms with Gasteiger partial charge in [-0.1, -0.05) is 0 Å². The molecule has 0 radical (unpaired) electrons. The van der Waals surface area contributed by atoms with Crippen molar-refractivity contribution in [2.24, 2.45) is 5.84 Å². The maximum Gasteiger partial charge on any atom is 0.237 e. The van der Waals surface area contributed by atoms with Crippen LogP contribution in [-0.4, -0.2) is 27.0 Å². The summed E-state index contributed by atoms with van der Waals surface area (Å²) in [5.41, 5.74) is 3.84. The maximum atomic E-state index is 5.52. The van der Waals surface area contributed by atoms with E-state index in [4.69, 9.17) is 10.6 Å². The van der Waals surface area contributed by atoms with Crippen molar-refractivity contribution in [2.45, 2.75) is 6.04 Å². The molecule has 1 unspecified atom stereocenters. The first-order chi connectivity index (χ1) is 8.36. The molecule has 0 saturated carbocycles. The van der Waals surface area contributed by atoms with Gasteiger partial charge < -0.3 is 4.74 Å². The van der Waals surface area contributed by atoms with Gasteiger partial charge in [0.25, 0.3) is 0 Å². The Morgan fingerprint density at radius 2 is 1.94 bits per heavy atom. The largest absolute Gasteiger partial charge is 0.480 e. The summed E-state index contributed by atoms with van der Waals surface area (Å²) in [5.74, 6) is 5.92. The normalized spacial score (nSPS) is 12.1. The molecule has 0 aliphatic carbocycles. The zero-order valence-electron chi connectivity index (χ0n) is 9.24. The molecule has 0 fully saturated rings. The Balaban J connectivity index is 2.42. The molecule has 7 nitrogen and oxygen atoms in total. The highest BCUT2D eigenvalue weighted by molar-refractivity contribution is 5.27. The van der Waals surface area contributed by atoms with Crippen LogP contribution in [0.1, 0.15) is 17.4 Å². The Labute approximate surface area is 98.1 Å². The van der Waals surface area contributed by atoms with Crippen LogP contribution >= 0.6 is 0 Å². The van der Waals surface area contributed by atoms with Crippen LogP contribution in [0.25, 0.3) is 0 Å². The summed E-state index contributed by atoms with van der Waals surface area (Å²) in [7, 11) is 1.53. The van der Waals surface area contributed by atoms with Crippen molar-refractivity contribution < 1.29 is 4.74 Å². The smallest absolute Gasteiger partial charge is 0.237 e. The van der Waals surface area contributed by atoms with Gasteiger partial charge in [-0.3, -0.25) is 20.8 Å². The molecule has 2 aromatic rings. The minimum atomic E-state index is -0.410. The predicted molar refractivity (Wildman–Crippen MR) is 59.8 cm³/mol. The second-order valence-electron chi connectivity index (χ2n) is 3.18. The summed E-state index contributed by atoms with van der Waals surface area (Å²) in [6, 6.07) is -0.410. The highest BCUT2D eigenvalue weighted by atomic mass is 16.5. The molecule has 0 aliphatic rings. The van der Waals surface area contributed by atoms with Crippen LogP contribution in [0.15, 0.2) is 31.0 Å². The third-order valence-electron chi connectivity index (χ3n) is 2.20. The predicted octanol–water partition coefficient (Wildman–Crippen LogP) is -0.172. The molecule has 2 rings (SSSR count). The third kappa shape index (κ3) is 2.35. The van der Waals surface area contributed by atoms with Crippen molar-refractivity contribution in [2.75, 3.05) is 7.11 Å². The van der Waals surface area contributed by atoms with Crippen molar-refractivity contribution in [1.82, 2.24) is 25.4 Å². The average Bonchev–Trinajstić information content (AvgIpc) is 2.41. The fourth-order valence-electron chi connectivity index (χ4n) is 1.46. The SMILES string of the molecule is COc1nccnc1C(NN)c1cnccn1. The first kappa shape index (κ1) is 11.4. The Bertz CT molecular complexity index is 477. The van der Waals surface area contributed by atoms with E-state index < -0.39 is 6.04 Å². The minimum absolute atomic E-state index is 0.404. The number of methoxy groups -OCH3 is 1. The Morgan fingerprint density at radius 1 is 1.18 bits per heavy atom. The zero-order valence-corrected chi connectivity index (χ0v) is 9.24. The molecule has 0 saturated heterocycles. The number of rotatable bonds is 4. The molecule has 17 heavy (non-hydrogen) atoms. The highest BCUT2D eigenvalue weighted by Crippen LogP contribution is 2.23. The molecule has 2 aromatic heterocycles. The lowest BCUT2D eigenvalue weighted by atomic mass is 10.1. The van der Waals surface area contributed by atoms with Gasteiger partial charge in [0, 0.05) is 24.8 Å². The van der Waals surface area contributed by atoms with E-state index in [9.17, 15) is 0 Å². The zero-order chi connectivity index (χ0) is 12.1. The number of hydrogen-bond donors (Lipinski definition) is 2. The quantitative estimate of drug-likeness (QED) is 0.557. The van der Waals surface area contributed by atoms with Gasteiger partial charge in [0.2, 0.25) is 5.88 Å². The van der Waals surface area contributed by atoms with Crippen LogP contribution < -0.4 is 16.0 Å². The summed E-state index contributed by atoms with van der Waals surface area (Å²) < 4.78 is 5.13. The van der Waals surface area contributed by atoms with Gasteiger partial charge >= 0.3 is 0 Å².